The fraction of sp³-hybridized carbons (Fsp3) is 0.733. The number of hydrogen-bond acceptors (Lipinski definition) is 3. The third-order valence-electron chi connectivity index (χ3n) is 4.64. The number of rotatable bonds is 2. The zero-order chi connectivity index (χ0) is 12.5. The summed E-state index contributed by atoms with van der Waals surface area (Å²) < 4.78 is 0. The molecule has 2 unspecified atom stereocenters. The van der Waals surface area contributed by atoms with E-state index in [9.17, 15) is 0 Å². The van der Waals surface area contributed by atoms with Crippen LogP contribution in [0.4, 0.5) is 0 Å². The van der Waals surface area contributed by atoms with Gasteiger partial charge in [-0.3, -0.25) is 0 Å². The van der Waals surface area contributed by atoms with Crippen LogP contribution in [0.25, 0.3) is 0 Å². The van der Waals surface area contributed by atoms with Crippen molar-refractivity contribution in [1.29, 1.82) is 0 Å². The van der Waals surface area contributed by atoms with Gasteiger partial charge in [-0.15, -0.1) is 0 Å². The lowest BCUT2D eigenvalue weighted by molar-refractivity contribution is 0.514. The molecular weight excluding hydrogens is 222 g/mol. The molecule has 2 heterocycles. The predicted molar refractivity (Wildman–Crippen MR) is 72.6 cm³/mol. The fourth-order valence-corrected chi connectivity index (χ4v) is 3.40. The molecule has 0 radical (unpaired) electrons. The van der Waals surface area contributed by atoms with Crippen molar-refractivity contribution >= 4 is 0 Å². The molecule has 1 N–H and O–H groups in total. The van der Waals surface area contributed by atoms with Gasteiger partial charge in [-0.05, 0) is 32.1 Å². The molecular formula is C15H23N3. The average molecular weight is 245 g/mol. The van der Waals surface area contributed by atoms with Gasteiger partial charge < -0.3 is 5.32 Å². The van der Waals surface area contributed by atoms with E-state index < -0.39 is 0 Å². The van der Waals surface area contributed by atoms with Gasteiger partial charge >= 0.3 is 0 Å². The van der Waals surface area contributed by atoms with E-state index in [1.165, 1.54) is 42.6 Å². The Morgan fingerprint density at radius 1 is 1.28 bits per heavy atom. The SMILES string of the molecule is CCC1CCC(c2nc(C)c3c(n2)CCNC3)C1. The third kappa shape index (κ3) is 2.16. The molecule has 0 amide bonds. The van der Waals surface area contributed by atoms with Crippen LogP contribution in [0.1, 0.15) is 61.3 Å². The summed E-state index contributed by atoms with van der Waals surface area (Å²) in [7, 11) is 0. The van der Waals surface area contributed by atoms with Crippen LogP contribution < -0.4 is 5.32 Å². The van der Waals surface area contributed by atoms with Crippen LogP contribution in [-0.4, -0.2) is 16.5 Å². The standard InChI is InChI=1S/C15H23N3/c1-3-11-4-5-12(8-11)15-17-10(2)13-9-16-7-6-14(13)18-15/h11-12,16H,3-9H2,1-2H3. The van der Waals surface area contributed by atoms with E-state index in [0.29, 0.717) is 5.92 Å². The van der Waals surface area contributed by atoms with Crippen molar-refractivity contribution in [2.24, 2.45) is 5.92 Å². The highest BCUT2D eigenvalue weighted by molar-refractivity contribution is 5.28. The lowest BCUT2D eigenvalue weighted by Gasteiger charge is -2.20. The minimum atomic E-state index is 0.619. The van der Waals surface area contributed by atoms with Crippen molar-refractivity contribution in [3.05, 3.63) is 22.8 Å². The van der Waals surface area contributed by atoms with Gasteiger partial charge in [0, 0.05) is 36.7 Å². The van der Waals surface area contributed by atoms with Crippen LogP contribution in [0.15, 0.2) is 0 Å². The number of hydrogen-bond donors (Lipinski definition) is 1. The molecule has 0 bridgehead atoms. The molecule has 1 aromatic rings. The van der Waals surface area contributed by atoms with Gasteiger partial charge in [-0.1, -0.05) is 13.3 Å². The highest BCUT2D eigenvalue weighted by atomic mass is 15.0. The number of aryl methyl sites for hydroxylation is 1. The van der Waals surface area contributed by atoms with Crippen LogP contribution >= 0.6 is 0 Å². The molecule has 3 heteroatoms. The Labute approximate surface area is 109 Å². The van der Waals surface area contributed by atoms with Gasteiger partial charge in [0.15, 0.2) is 0 Å². The van der Waals surface area contributed by atoms with Gasteiger partial charge in [-0.25, -0.2) is 9.97 Å². The van der Waals surface area contributed by atoms with Crippen molar-refractivity contribution in [2.75, 3.05) is 6.54 Å². The predicted octanol–water partition coefficient (Wildman–Crippen LogP) is 2.72. The second kappa shape index (κ2) is 4.96. The first-order chi connectivity index (χ1) is 8.78. The zero-order valence-electron chi connectivity index (χ0n) is 11.5. The van der Waals surface area contributed by atoms with Crippen molar-refractivity contribution in [3.63, 3.8) is 0 Å². The average Bonchev–Trinajstić information content (AvgIpc) is 2.87. The first kappa shape index (κ1) is 12.1. The van der Waals surface area contributed by atoms with Crippen LogP contribution in [0.3, 0.4) is 0 Å². The number of nitrogens with one attached hydrogen (secondary N) is 1. The molecule has 18 heavy (non-hydrogen) atoms. The van der Waals surface area contributed by atoms with Gasteiger partial charge in [0.05, 0.1) is 5.69 Å². The number of nitrogens with zero attached hydrogens (tertiary/aromatic N) is 2. The van der Waals surface area contributed by atoms with Crippen LogP contribution in [0, 0.1) is 12.8 Å². The Kier molecular flexibility index (Phi) is 3.33. The van der Waals surface area contributed by atoms with Crippen molar-refractivity contribution < 1.29 is 0 Å². The van der Waals surface area contributed by atoms with E-state index in [0.717, 1.165) is 31.3 Å². The summed E-state index contributed by atoms with van der Waals surface area (Å²) in [5.74, 6) is 2.65. The highest BCUT2D eigenvalue weighted by Crippen LogP contribution is 2.38. The zero-order valence-corrected chi connectivity index (χ0v) is 11.5. The molecule has 1 saturated carbocycles. The molecule has 0 saturated heterocycles. The maximum atomic E-state index is 4.87. The van der Waals surface area contributed by atoms with Crippen LogP contribution in [0.5, 0.6) is 0 Å². The van der Waals surface area contributed by atoms with E-state index in [1.807, 2.05) is 0 Å². The van der Waals surface area contributed by atoms with Crippen LogP contribution in [0.2, 0.25) is 0 Å². The molecule has 1 aliphatic heterocycles. The molecule has 98 valence electrons. The smallest absolute Gasteiger partial charge is 0.131 e. The summed E-state index contributed by atoms with van der Waals surface area (Å²) in [4.78, 5) is 9.66. The molecule has 0 spiro atoms. The molecule has 1 aliphatic carbocycles. The number of fused-ring (bicyclic) bond motifs is 1. The molecule has 3 nitrogen and oxygen atoms in total. The van der Waals surface area contributed by atoms with E-state index in [-0.39, 0.29) is 0 Å². The van der Waals surface area contributed by atoms with E-state index in [4.69, 9.17) is 9.97 Å². The second-order valence-electron chi connectivity index (χ2n) is 5.80. The third-order valence-corrected chi connectivity index (χ3v) is 4.64. The van der Waals surface area contributed by atoms with E-state index in [2.05, 4.69) is 19.2 Å². The lowest BCUT2D eigenvalue weighted by atomic mass is 10.0. The molecule has 0 aromatic carbocycles. The summed E-state index contributed by atoms with van der Waals surface area (Å²) in [5, 5.41) is 3.41. The second-order valence-corrected chi connectivity index (χ2v) is 5.80. The number of aromatic nitrogens is 2. The van der Waals surface area contributed by atoms with Gasteiger partial charge in [0.2, 0.25) is 0 Å². The lowest BCUT2D eigenvalue weighted by Crippen LogP contribution is -2.26. The van der Waals surface area contributed by atoms with Gasteiger partial charge in [-0.2, -0.15) is 0 Å². The minimum absolute atomic E-state index is 0.619. The molecule has 1 fully saturated rings. The molecule has 2 aliphatic rings. The van der Waals surface area contributed by atoms with E-state index in [1.54, 1.807) is 0 Å². The largest absolute Gasteiger partial charge is 0.312 e. The Morgan fingerprint density at radius 2 is 2.17 bits per heavy atom. The maximum Gasteiger partial charge on any atom is 0.131 e. The first-order valence-corrected chi connectivity index (χ1v) is 7.35. The summed E-state index contributed by atoms with van der Waals surface area (Å²) in [6.07, 6.45) is 6.32. The Balaban J connectivity index is 1.87. The quantitative estimate of drug-likeness (QED) is 0.870. The first-order valence-electron chi connectivity index (χ1n) is 7.35. The van der Waals surface area contributed by atoms with Crippen LogP contribution in [-0.2, 0) is 13.0 Å². The molecule has 2 atom stereocenters. The Hall–Kier alpha value is -0.960. The van der Waals surface area contributed by atoms with Crippen molar-refractivity contribution in [3.8, 4) is 0 Å². The van der Waals surface area contributed by atoms with Gasteiger partial charge in [0.25, 0.3) is 0 Å². The maximum absolute atomic E-state index is 4.87. The topological polar surface area (TPSA) is 37.8 Å². The normalized spacial score (nSPS) is 27.2. The minimum Gasteiger partial charge on any atom is -0.312 e. The molecule has 1 aromatic heterocycles. The summed E-state index contributed by atoms with van der Waals surface area (Å²) in [6, 6.07) is 0. The van der Waals surface area contributed by atoms with Gasteiger partial charge in [0.1, 0.15) is 5.82 Å². The Morgan fingerprint density at radius 3 is 2.94 bits per heavy atom. The summed E-state index contributed by atoms with van der Waals surface area (Å²) >= 11 is 0. The van der Waals surface area contributed by atoms with Crippen molar-refractivity contribution in [1.82, 2.24) is 15.3 Å². The van der Waals surface area contributed by atoms with Crippen molar-refractivity contribution in [2.45, 2.75) is 58.4 Å². The van der Waals surface area contributed by atoms with E-state index >= 15 is 0 Å². The fourth-order valence-electron chi connectivity index (χ4n) is 3.40. The summed E-state index contributed by atoms with van der Waals surface area (Å²) in [5.41, 5.74) is 3.84. The monoisotopic (exact) mass is 245 g/mol. The molecule has 3 rings (SSSR count). The highest BCUT2D eigenvalue weighted by Gasteiger charge is 2.28. The Bertz CT molecular complexity index is 442. The summed E-state index contributed by atoms with van der Waals surface area (Å²) in [6.45, 7) is 6.45.